The molecule has 7 nitrogen and oxygen atoms in total. The van der Waals surface area contributed by atoms with Gasteiger partial charge in [-0.1, -0.05) is 6.92 Å². The van der Waals surface area contributed by atoms with Crippen LogP contribution in [-0.2, 0) is 33.3 Å². The van der Waals surface area contributed by atoms with E-state index in [1.807, 2.05) is 0 Å². The van der Waals surface area contributed by atoms with Crippen molar-refractivity contribution in [3.05, 3.63) is 0 Å². The highest BCUT2D eigenvalue weighted by Gasteiger charge is 2.35. The zero-order valence-corrected chi connectivity index (χ0v) is 11.8. The Morgan fingerprint density at radius 2 is 1.74 bits per heavy atom. The predicted octanol–water partition coefficient (Wildman–Crippen LogP) is 0.363. The van der Waals surface area contributed by atoms with Gasteiger partial charge in [0.25, 0.3) is 0 Å². The molecule has 0 aromatic heterocycles. The van der Waals surface area contributed by atoms with Crippen molar-refractivity contribution in [1.29, 1.82) is 0 Å². The quantitative estimate of drug-likeness (QED) is 0.307. The molecule has 19 heavy (non-hydrogen) atoms. The first kappa shape index (κ1) is 18.0. The standard InChI is InChI=1S/C12H22O7/c1-5-17-12(14)11(19-8-16-4)10(9(2)6-13)18-7-15-3/h6,9-11H,5,7-8H2,1-4H3/t9-,10+,11-/m0/s1. The molecule has 0 amide bonds. The lowest BCUT2D eigenvalue weighted by molar-refractivity contribution is -0.195. The number of ether oxygens (including phenoxy) is 5. The van der Waals surface area contributed by atoms with E-state index in [1.165, 1.54) is 14.2 Å². The topological polar surface area (TPSA) is 80.3 Å². The molecule has 0 aromatic rings. The van der Waals surface area contributed by atoms with Crippen LogP contribution in [0.4, 0.5) is 0 Å². The predicted molar refractivity (Wildman–Crippen MR) is 65.4 cm³/mol. The van der Waals surface area contributed by atoms with E-state index in [1.54, 1.807) is 13.8 Å². The summed E-state index contributed by atoms with van der Waals surface area (Å²) in [6.07, 6.45) is -1.16. The minimum absolute atomic E-state index is 0.0604. The summed E-state index contributed by atoms with van der Waals surface area (Å²) < 4.78 is 25.0. The molecule has 0 rings (SSSR count). The van der Waals surface area contributed by atoms with Gasteiger partial charge < -0.3 is 28.5 Å². The molecule has 0 heterocycles. The van der Waals surface area contributed by atoms with Gasteiger partial charge in [-0.2, -0.15) is 0 Å². The van der Waals surface area contributed by atoms with Crippen LogP contribution in [0.3, 0.4) is 0 Å². The van der Waals surface area contributed by atoms with E-state index in [0.717, 1.165) is 0 Å². The average Bonchev–Trinajstić information content (AvgIpc) is 2.41. The smallest absolute Gasteiger partial charge is 0.338 e. The van der Waals surface area contributed by atoms with Gasteiger partial charge in [-0.05, 0) is 6.92 Å². The van der Waals surface area contributed by atoms with Crippen molar-refractivity contribution < 1.29 is 33.3 Å². The Hall–Kier alpha value is -1.02. The minimum Gasteiger partial charge on any atom is -0.464 e. The Morgan fingerprint density at radius 3 is 2.21 bits per heavy atom. The maximum absolute atomic E-state index is 11.8. The molecular weight excluding hydrogens is 256 g/mol. The second-order valence-electron chi connectivity index (χ2n) is 3.78. The Balaban J connectivity index is 4.86. The Kier molecular flexibility index (Phi) is 10.3. The second-order valence-corrected chi connectivity index (χ2v) is 3.78. The van der Waals surface area contributed by atoms with Crippen LogP contribution in [0.25, 0.3) is 0 Å². The fourth-order valence-electron chi connectivity index (χ4n) is 1.40. The number of hydrogen-bond acceptors (Lipinski definition) is 7. The van der Waals surface area contributed by atoms with E-state index >= 15 is 0 Å². The van der Waals surface area contributed by atoms with Crippen LogP contribution in [-0.4, -0.2) is 58.9 Å². The van der Waals surface area contributed by atoms with E-state index < -0.39 is 24.1 Å². The summed E-state index contributed by atoms with van der Waals surface area (Å²) in [5, 5.41) is 0. The minimum atomic E-state index is -1.05. The molecule has 0 spiro atoms. The molecule has 0 aliphatic rings. The summed E-state index contributed by atoms with van der Waals surface area (Å²) in [5.41, 5.74) is 0. The van der Waals surface area contributed by atoms with E-state index in [-0.39, 0.29) is 20.2 Å². The van der Waals surface area contributed by atoms with Crippen molar-refractivity contribution in [3.63, 3.8) is 0 Å². The number of methoxy groups -OCH3 is 2. The maximum Gasteiger partial charge on any atom is 0.338 e. The van der Waals surface area contributed by atoms with Crippen molar-refractivity contribution in [2.24, 2.45) is 5.92 Å². The van der Waals surface area contributed by atoms with Gasteiger partial charge in [0.15, 0.2) is 6.10 Å². The average molecular weight is 278 g/mol. The zero-order chi connectivity index (χ0) is 14.7. The van der Waals surface area contributed by atoms with Crippen molar-refractivity contribution in [2.45, 2.75) is 26.1 Å². The second kappa shape index (κ2) is 10.9. The number of carbonyl (C=O) groups excluding carboxylic acids is 2. The zero-order valence-electron chi connectivity index (χ0n) is 11.8. The van der Waals surface area contributed by atoms with Gasteiger partial charge in [0, 0.05) is 20.1 Å². The highest BCUT2D eigenvalue weighted by Crippen LogP contribution is 2.15. The Bertz CT molecular complexity index is 256. The van der Waals surface area contributed by atoms with E-state index in [9.17, 15) is 9.59 Å². The van der Waals surface area contributed by atoms with Crippen molar-refractivity contribution in [2.75, 3.05) is 34.4 Å². The highest BCUT2D eigenvalue weighted by atomic mass is 16.7. The lowest BCUT2D eigenvalue weighted by Gasteiger charge is -2.27. The van der Waals surface area contributed by atoms with Gasteiger partial charge in [-0.15, -0.1) is 0 Å². The monoisotopic (exact) mass is 278 g/mol. The Morgan fingerprint density at radius 1 is 1.16 bits per heavy atom. The van der Waals surface area contributed by atoms with Gasteiger partial charge in [0.2, 0.25) is 0 Å². The summed E-state index contributed by atoms with van der Waals surface area (Å²) in [6.45, 7) is 3.34. The number of carbonyl (C=O) groups is 2. The fraction of sp³-hybridized carbons (Fsp3) is 0.833. The molecule has 112 valence electrons. The number of hydrogen-bond donors (Lipinski definition) is 0. The lowest BCUT2D eigenvalue weighted by atomic mass is 10.0. The number of aldehydes is 1. The van der Waals surface area contributed by atoms with Crippen LogP contribution in [0.5, 0.6) is 0 Å². The van der Waals surface area contributed by atoms with Crippen molar-refractivity contribution in [3.8, 4) is 0 Å². The molecule has 0 saturated carbocycles. The summed E-state index contributed by atoms with van der Waals surface area (Å²) in [7, 11) is 2.87. The van der Waals surface area contributed by atoms with Crippen LogP contribution in [0.2, 0.25) is 0 Å². The normalized spacial score (nSPS) is 15.6. The van der Waals surface area contributed by atoms with Crippen molar-refractivity contribution >= 4 is 12.3 Å². The van der Waals surface area contributed by atoms with Gasteiger partial charge in [0.1, 0.15) is 26.0 Å². The summed E-state index contributed by atoms with van der Waals surface area (Å²) >= 11 is 0. The van der Waals surface area contributed by atoms with Crippen LogP contribution in [0.15, 0.2) is 0 Å². The molecule has 0 fully saturated rings. The maximum atomic E-state index is 11.8. The van der Waals surface area contributed by atoms with Crippen LogP contribution < -0.4 is 0 Å². The first-order valence-electron chi connectivity index (χ1n) is 5.95. The summed E-state index contributed by atoms with van der Waals surface area (Å²) in [4.78, 5) is 22.7. The van der Waals surface area contributed by atoms with Crippen LogP contribution in [0.1, 0.15) is 13.8 Å². The summed E-state index contributed by atoms with van der Waals surface area (Å²) in [6, 6.07) is 0. The molecule has 0 aliphatic heterocycles. The summed E-state index contributed by atoms with van der Waals surface area (Å²) in [5.74, 6) is -1.16. The third-order valence-electron chi connectivity index (χ3n) is 2.29. The molecule has 0 unspecified atom stereocenters. The molecule has 7 heteroatoms. The first-order chi connectivity index (χ1) is 9.12. The molecule has 0 aliphatic carbocycles. The van der Waals surface area contributed by atoms with Crippen molar-refractivity contribution in [1.82, 2.24) is 0 Å². The fourth-order valence-corrected chi connectivity index (χ4v) is 1.40. The molecule has 0 radical (unpaired) electrons. The Labute approximate surface area is 113 Å². The molecule has 0 saturated heterocycles. The van der Waals surface area contributed by atoms with E-state index in [2.05, 4.69) is 0 Å². The van der Waals surface area contributed by atoms with Gasteiger partial charge >= 0.3 is 5.97 Å². The third kappa shape index (κ3) is 6.63. The molecule has 0 N–H and O–H groups in total. The van der Waals surface area contributed by atoms with Gasteiger partial charge in [-0.3, -0.25) is 0 Å². The molecule has 0 aromatic carbocycles. The van der Waals surface area contributed by atoms with Crippen LogP contribution >= 0.6 is 0 Å². The lowest BCUT2D eigenvalue weighted by Crippen LogP contribution is -2.44. The van der Waals surface area contributed by atoms with E-state index in [0.29, 0.717) is 6.29 Å². The molecule has 0 bridgehead atoms. The first-order valence-corrected chi connectivity index (χ1v) is 5.95. The van der Waals surface area contributed by atoms with Gasteiger partial charge in [0.05, 0.1) is 6.61 Å². The molecule has 3 atom stereocenters. The van der Waals surface area contributed by atoms with Gasteiger partial charge in [-0.25, -0.2) is 4.79 Å². The SMILES string of the molecule is CCOC(=O)[C@@H](OCOC)[C@H](OCOC)[C@@H](C)C=O. The number of esters is 1. The number of rotatable bonds is 11. The highest BCUT2D eigenvalue weighted by molar-refractivity contribution is 5.76. The van der Waals surface area contributed by atoms with Crippen LogP contribution in [0, 0.1) is 5.92 Å². The largest absolute Gasteiger partial charge is 0.464 e. The van der Waals surface area contributed by atoms with E-state index in [4.69, 9.17) is 23.7 Å². The third-order valence-corrected chi connectivity index (χ3v) is 2.29. The molecular formula is C12H22O7.